The summed E-state index contributed by atoms with van der Waals surface area (Å²) in [6, 6.07) is 16.6. The molecular weight excluding hydrogens is 590 g/mol. The van der Waals surface area contributed by atoms with E-state index in [4.69, 9.17) is 14.2 Å². The van der Waals surface area contributed by atoms with E-state index in [1.807, 2.05) is 18.2 Å². The van der Waals surface area contributed by atoms with Crippen molar-refractivity contribution in [3.63, 3.8) is 0 Å². The molecule has 2 aromatic carbocycles. The highest BCUT2D eigenvalue weighted by Crippen LogP contribution is 2.58. The van der Waals surface area contributed by atoms with Crippen LogP contribution in [0.15, 0.2) is 65.6 Å². The number of pyridine rings is 1. The Kier molecular flexibility index (Phi) is 8.13. The van der Waals surface area contributed by atoms with E-state index in [0.29, 0.717) is 23.5 Å². The summed E-state index contributed by atoms with van der Waals surface area (Å²) in [6.45, 7) is 7.11. The molecule has 45 heavy (non-hydrogen) atoms. The molecule has 2 fully saturated rings. The van der Waals surface area contributed by atoms with Gasteiger partial charge in [0.15, 0.2) is 11.4 Å². The summed E-state index contributed by atoms with van der Waals surface area (Å²) in [5, 5.41) is 14.1. The molecule has 3 aliphatic heterocycles. The number of amides is 2. The predicted octanol–water partition coefficient (Wildman–Crippen LogP) is 3.40. The minimum absolute atomic E-state index is 0.0688. The summed E-state index contributed by atoms with van der Waals surface area (Å²) in [5.74, 6) is 0.330. The number of fused-ring (bicyclic) bond motifs is 2. The molecule has 0 saturated carbocycles. The fraction of sp³-hybridized carbons (Fsp3) is 0.441. The van der Waals surface area contributed by atoms with E-state index in [-0.39, 0.29) is 53.7 Å². The molecule has 238 valence electrons. The van der Waals surface area contributed by atoms with Crippen molar-refractivity contribution in [2.75, 3.05) is 32.7 Å². The number of benzene rings is 2. The van der Waals surface area contributed by atoms with Gasteiger partial charge in [0, 0.05) is 35.6 Å². The van der Waals surface area contributed by atoms with Gasteiger partial charge in [-0.1, -0.05) is 37.3 Å². The summed E-state index contributed by atoms with van der Waals surface area (Å²) in [7, 11) is 0.656. The van der Waals surface area contributed by atoms with Gasteiger partial charge in [0.1, 0.15) is 5.75 Å². The summed E-state index contributed by atoms with van der Waals surface area (Å²) in [6.07, 6.45) is 2.85. The quantitative estimate of drug-likeness (QED) is 0.366. The smallest absolute Gasteiger partial charge is 0.297 e. The standard InChI is InChI=1S/C34H41N3O7Si/c1-21-31(45(4,5)25-13-11-24(42-2)12-14-25)29(19-30(39)36-16-6-8-23(36)20-38)44-34(21)26-18-22(10-15-27(26)35-33(34)41)37-17-7-9-28(43-3)32(37)40/h7,9-15,17-18,21,23,29,31,38H,6,8,16,19-20H2,1-5H3,(H,35,41)/t21-,23+,29+,31-,34+/m1/s1. The van der Waals surface area contributed by atoms with Crippen LogP contribution in [0.4, 0.5) is 5.69 Å². The molecule has 6 rings (SSSR count). The number of likely N-dealkylation sites (tertiary alicyclic amines) is 1. The molecule has 1 aromatic heterocycles. The highest BCUT2D eigenvalue weighted by Gasteiger charge is 2.65. The van der Waals surface area contributed by atoms with Crippen LogP contribution in [0.3, 0.4) is 0 Å². The molecule has 2 amide bonds. The highest BCUT2D eigenvalue weighted by atomic mass is 28.3. The lowest BCUT2D eigenvalue weighted by Gasteiger charge is -2.37. The minimum atomic E-state index is -2.44. The number of ether oxygens (including phenoxy) is 3. The number of nitrogens with one attached hydrogen (secondary N) is 1. The van der Waals surface area contributed by atoms with Gasteiger partial charge in [-0.3, -0.25) is 19.0 Å². The van der Waals surface area contributed by atoms with Crippen LogP contribution in [0, 0.1) is 5.92 Å². The topological polar surface area (TPSA) is 119 Å². The van der Waals surface area contributed by atoms with Crippen molar-refractivity contribution in [2.45, 2.75) is 62.6 Å². The Morgan fingerprint density at radius 2 is 1.87 bits per heavy atom. The van der Waals surface area contributed by atoms with E-state index in [1.165, 1.54) is 16.9 Å². The molecule has 2 N–H and O–H groups in total. The number of aliphatic hydroxyl groups is 1. The molecule has 0 bridgehead atoms. The summed E-state index contributed by atoms with van der Waals surface area (Å²) >= 11 is 0. The molecule has 0 unspecified atom stereocenters. The van der Waals surface area contributed by atoms with Crippen LogP contribution in [0.2, 0.25) is 18.6 Å². The van der Waals surface area contributed by atoms with E-state index < -0.39 is 19.8 Å². The Balaban J connectivity index is 1.45. The van der Waals surface area contributed by atoms with Crippen molar-refractivity contribution in [3.8, 4) is 17.2 Å². The van der Waals surface area contributed by atoms with Crippen molar-refractivity contribution >= 4 is 30.8 Å². The van der Waals surface area contributed by atoms with Crippen molar-refractivity contribution in [1.82, 2.24) is 9.47 Å². The molecule has 0 radical (unpaired) electrons. The SMILES string of the molecule is COc1ccc([Si](C)(C)[C@H]2[C@H](CC(=O)N3CCC[C@H]3CO)O[C@@]3(C(=O)Nc4ccc(-n5cccc(OC)c5=O)cc43)[C@@H]2C)cc1. The number of aliphatic hydroxyl groups excluding tert-OH is 1. The number of carbonyl (C=O) groups excluding carboxylic acids is 2. The fourth-order valence-corrected chi connectivity index (χ4v) is 12.0. The van der Waals surface area contributed by atoms with E-state index in [2.05, 4.69) is 37.5 Å². The largest absolute Gasteiger partial charge is 0.497 e. The van der Waals surface area contributed by atoms with E-state index >= 15 is 0 Å². The number of hydrogen-bond acceptors (Lipinski definition) is 7. The second-order valence-electron chi connectivity index (χ2n) is 12.9. The number of aromatic nitrogens is 1. The zero-order chi connectivity index (χ0) is 32.1. The molecule has 11 heteroatoms. The molecule has 4 heterocycles. The van der Waals surface area contributed by atoms with E-state index in [0.717, 1.165) is 18.6 Å². The van der Waals surface area contributed by atoms with Gasteiger partial charge in [0.05, 0.1) is 47.5 Å². The molecule has 3 aromatic rings. The lowest BCUT2D eigenvalue weighted by molar-refractivity contribution is -0.148. The maximum atomic E-state index is 14.1. The molecule has 1 spiro atoms. The number of hydrogen-bond donors (Lipinski definition) is 2. The zero-order valence-corrected chi connectivity index (χ0v) is 27.4. The number of methoxy groups -OCH3 is 2. The van der Waals surface area contributed by atoms with E-state index in [9.17, 15) is 19.5 Å². The van der Waals surface area contributed by atoms with Gasteiger partial charge >= 0.3 is 0 Å². The summed E-state index contributed by atoms with van der Waals surface area (Å²) < 4.78 is 19.1. The van der Waals surface area contributed by atoms with Crippen LogP contribution in [-0.2, 0) is 19.9 Å². The first kappa shape index (κ1) is 31.1. The van der Waals surface area contributed by atoms with Crippen LogP contribution in [0.1, 0.15) is 31.7 Å². The molecule has 5 atom stereocenters. The Hall–Kier alpha value is -3.93. The van der Waals surface area contributed by atoms with Crippen LogP contribution < -0.4 is 25.5 Å². The third-order valence-corrected chi connectivity index (χ3v) is 14.6. The van der Waals surface area contributed by atoms with Crippen LogP contribution in [0.25, 0.3) is 5.69 Å². The zero-order valence-electron chi connectivity index (χ0n) is 26.4. The number of anilines is 1. The van der Waals surface area contributed by atoms with Crippen molar-refractivity contribution in [1.29, 1.82) is 0 Å². The van der Waals surface area contributed by atoms with Gasteiger partial charge in [0.25, 0.3) is 11.5 Å². The summed E-state index contributed by atoms with van der Waals surface area (Å²) in [4.78, 5) is 42.8. The molecule has 2 saturated heterocycles. The Labute approximate surface area is 263 Å². The fourth-order valence-electron chi connectivity index (χ4n) is 7.95. The second-order valence-corrected chi connectivity index (χ2v) is 17.5. The summed E-state index contributed by atoms with van der Waals surface area (Å²) in [5.41, 5.74) is 0.0637. The lowest BCUT2D eigenvalue weighted by Crippen LogP contribution is -2.52. The lowest BCUT2D eigenvalue weighted by atomic mass is 9.82. The van der Waals surface area contributed by atoms with Crippen molar-refractivity contribution in [3.05, 3.63) is 76.7 Å². The van der Waals surface area contributed by atoms with Gasteiger partial charge < -0.3 is 29.5 Å². The van der Waals surface area contributed by atoms with Gasteiger partial charge in [-0.15, -0.1) is 0 Å². The van der Waals surface area contributed by atoms with Crippen LogP contribution in [-0.4, -0.2) is 74.0 Å². The number of carbonyl (C=O) groups is 2. The van der Waals surface area contributed by atoms with Crippen LogP contribution >= 0.6 is 0 Å². The van der Waals surface area contributed by atoms with Gasteiger partial charge in [-0.05, 0) is 60.8 Å². The minimum Gasteiger partial charge on any atom is -0.497 e. The normalized spacial score (nSPS) is 25.8. The molecule has 0 aliphatic carbocycles. The first-order valence-electron chi connectivity index (χ1n) is 15.5. The monoisotopic (exact) mass is 631 g/mol. The second kappa shape index (κ2) is 11.8. The van der Waals surface area contributed by atoms with E-state index in [1.54, 1.807) is 42.5 Å². The van der Waals surface area contributed by atoms with Gasteiger partial charge in [-0.2, -0.15) is 0 Å². The third-order valence-electron chi connectivity index (χ3n) is 10.3. The molecular formula is C34H41N3O7Si. The maximum absolute atomic E-state index is 14.1. The van der Waals surface area contributed by atoms with Crippen LogP contribution in [0.5, 0.6) is 11.5 Å². The molecule has 3 aliphatic rings. The molecule has 10 nitrogen and oxygen atoms in total. The predicted molar refractivity (Wildman–Crippen MR) is 173 cm³/mol. The third kappa shape index (κ3) is 4.97. The number of rotatable bonds is 8. The average Bonchev–Trinajstić information content (AvgIpc) is 3.72. The Bertz CT molecular complexity index is 1670. The van der Waals surface area contributed by atoms with Gasteiger partial charge in [-0.25, -0.2) is 0 Å². The Morgan fingerprint density at radius 1 is 1.11 bits per heavy atom. The van der Waals surface area contributed by atoms with Crippen molar-refractivity contribution in [2.24, 2.45) is 5.92 Å². The van der Waals surface area contributed by atoms with Gasteiger partial charge in [0.2, 0.25) is 5.91 Å². The Morgan fingerprint density at radius 3 is 2.56 bits per heavy atom. The highest BCUT2D eigenvalue weighted by molar-refractivity contribution is 6.91. The number of nitrogens with zero attached hydrogens (tertiary/aromatic N) is 2. The average molecular weight is 632 g/mol. The first-order valence-corrected chi connectivity index (χ1v) is 18.6. The first-order chi connectivity index (χ1) is 21.6. The van der Waals surface area contributed by atoms with Crippen molar-refractivity contribution < 1.29 is 28.9 Å². The maximum Gasteiger partial charge on any atom is 0.297 e.